The summed E-state index contributed by atoms with van der Waals surface area (Å²) >= 11 is 12.0. The molecule has 6 nitrogen and oxygen atoms in total. The fraction of sp³-hybridized carbons (Fsp3) is 0.118. The zero-order valence-electron chi connectivity index (χ0n) is 13.4. The molecule has 0 atom stereocenters. The maximum absolute atomic E-state index is 12.6. The molecule has 0 aliphatic heterocycles. The number of hydrogen-bond donors (Lipinski definition) is 1. The molecule has 2 aromatic carbocycles. The molecular weight excluding hydrogens is 361 g/mol. The third-order valence-electron chi connectivity index (χ3n) is 3.60. The average molecular weight is 376 g/mol. The summed E-state index contributed by atoms with van der Waals surface area (Å²) < 4.78 is 1.39. The second-order valence-corrected chi connectivity index (χ2v) is 6.03. The van der Waals surface area contributed by atoms with E-state index in [2.05, 4.69) is 9.97 Å². The van der Waals surface area contributed by atoms with Crippen LogP contribution in [0.1, 0.15) is 12.7 Å². The molecule has 0 bridgehead atoms. The van der Waals surface area contributed by atoms with Gasteiger partial charge in [0, 0.05) is 6.42 Å². The second kappa shape index (κ2) is 7.23. The predicted molar refractivity (Wildman–Crippen MR) is 99.8 cm³/mol. The summed E-state index contributed by atoms with van der Waals surface area (Å²) in [5, 5.41) is 2.04. The molecule has 1 heterocycles. The number of hydrazine groups is 1. The summed E-state index contributed by atoms with van der Waals surface area (Å²) in [4.78, 5) is 21.0. The molecule has 0 saturated heterocycles. The smallest absolute Gasteiger partial charge is 0.248 e. The first-order valence-electron chi connectivity index (χ1n) is 7.56. The van der Waals surface area contributed by atoms with Crippen molar-refractivity contribution >= 4 is 34.8 Å². The summed E-state index contributed by atoms with van der Waals surface area (Å²) in [7, 11) is 0. The molecule has 128 valence electrons. The Hall–Kier alpha value is -2.41. The van der Waals surface area contributed by atoms with Crippen LogP contribution in [0.5, 0.6) is 0 Å². The van der Waals surface area contributed by atoms with Crippen LogP contribution < -0.4 is 16.5 Å². The molecule has 0 aliphatic rings. The Morgan fingerprint density at radius 3 is 2.44 bits per heavy atom. The third kappa shape index (κ3) is 3.51. The minimum atomic E-state index is -0.494. The van der Waals surface area contributed by atoms with Gasteiger partial charge in [-0.1, -0.05) is 48.3 Å². The van der Waals surface area contributed by atoms with Crippen LogP contribution >= 0.6 is 23.2 Å². The zero-order chi connectivity index (χ0) is 18.0. The van der Waals surface area contributed by atoms with E-state index in [1.807, 2.05) is 25.1 Å². The second-order valence-electron chi connectivity index (χ2n) is 5.22. The maximum Gasteiger partial charge on any atom is 0.356 e. The van der Waals surface area contributed by atoms with Gasteiger partial charge in [-0.05, 0) is 30.3 Å². The molecule has 0 spiro atoms. The van der Waals surface area contributed by atoms with Gasteiger partial charge in [-0.25, -0.2) is 20.2 Å². The highest BCUT2D eigenvalue weighted by Crippen LogP contribution is 2.25. The number of hydrogen-bond acceptors (Lipinski definition) is 5. The quantitative estimate of drug-likeness (QED) is 0.557. The number of para-hydroxylation sites is 1. The van der Waals surface area contributed by atoms with Gasteiger partial charge in [0.05, 0.1) is 21.4 Å². The van der Waals surface area contributed by atoms with Crippen LogP contribution in [0.4, 0.5) is 11.6 Å². The maximum atomic E-state index is 12.6. The SMILES string of the molecule is CCc1nc(N(N)c2ccccc2)nc(=O)n1-c1ccc(Cl)c(Cl)c1. The van der Waals surface area contributed by atoms with Crippen molar-refractivity contribution in [2.45, 2.75) is 13.3 Å². The van der Waals surface area contributed by atoms with Crippen LogP contribution in [0.15, 0.2) is 53.3 Å². The van der Waals surface area contributed by atoms with Crippen LogP contribution in [0.3, 0.4) is 0 Å². The summed E-state index contributed by atoms with van der Waals surface area (Å²) in [5.74, 6) is 6.71. The van der Waals surface area contributed by atoms with Crippen molar-refractivity contribution in [3.8, 4) is 5.69 Å². The van der Waals surface area contributed by atoms with Crippen LogP contribution in [-0.4, -0.2) is 14.5 Å². The number of aromatic nitrogens is 3. The van der Waals surface area contributed by atoms with Crippen LogP contribution in [0.25, 0.3) is 5.69 Å². The van der Waals surface area contributed by atoms with Crippen LogP contribution in [-0.2, 0) is 6.42 Å². The number of halogens is 2. The van der Waals surface area contributed by atoms with Crippen molar-refractivity contribution in [2.75, 3.05) is 5.01 Å². The Labute approximate surface area is 154 Å². The van der Waals surface area contributed by atoms with Gasteiger partial charge in [-0.2, -0.15) is 9.97 Å². The van der Waals surface area contributed by atoms with Gasteiger partial charge in [-0.3, -0.25) is 0 Å². The van der Waals surface area contributed by atoms with E-state index in [0.717, 1.165) is 0 Å². The fourth-order valence-electron chi connectivity index (χ4n) is 2.37. The van der Waals surface area contributed by atoms with E-state index < -0.39 is 5.69 Å². The number of nitrogens with two attached hydrogens (primary N) is 1. The van der Waals surface area contributed by atoms with Crippen molar-refractivity contribution < 1.29 is 0 Å². The van der Waals surface area contributed by atoms with E-state index in [1.165, 1.54) is 9.58 Å². The minimum absolute atomic E-state index is 0.129. The molecule has 2 N–H and O–H groups in total. The molecule has 0 aliphatic carbocycles. The zero-order valence-corrected chi connectivity index (χ0v) is 14.9. The predicted octanol–water partition coefficient (Wildman–Crippen LogP) is 3.51. The van der Waals surface area contributed by atoms with Crippen molar-refractivity contribution in [1.82, 2.24) is 14.5 Å². The molecule has 0 amide bonds. The Bertz CT molecular complexity index is 959. The molecule has 8 heteroatoms. The first-order chi connectivity index (χ1) is 12.0. The Morgan fingerprint density at radius 2 is 1.80 bits per heavy atom. The number of nitrogens with zero attached hydrogens (tertiary/aromatic N) is 4. The molecule has 0 radical (unpaired) electrons. The normalized spacial score (nSPS) is 10.7. The largest absolute Gasteiger partial charge is 0.356 e. The van der Waals surface area contributed by atoms with E-state index in [4.69, 9.17) is 29.0 Å². The highest BCUT2D eigenvalue weighted by atomic mass is 35.5. The Balaban J connectivity index is 2.11. The van der Waals surface area contributed by atoms with Gasteiger partial charge in [0.15, 0.2) is 0 Å². The topological polar surface area (TPSA) is 77.0 Å². The lowest BCUT2D eigenvalue weighted by Crippen LogP contribution is -2.33. The standard InChI is InChI=1S/C17H15Cl2N5O/c1-2-15-21-16(24(20)11-6-4-3-5-7-11)22-17(25)23(15)12-8-9-13(18)14(19)10-12/h3-10H,2,20H2,1H3. The lowest BCUT2D eigenvalue weighted by atomic mass is 10.3. The molecule has 0 saturated carbocycles. The molecular formula is C17H15Cl2N5O. The summed E-state index contributed by atoms with van der Waals surface area (Å²) in [6.07, 6.45) is 0.508. The number of anilines is 2. The fourth-order valence-corrected chi connectivity index (χ4v) is 2.66. The summed E-state index contributed by atoms with van der Waals surface area (Å²) in [5.41, 5.74) is 0.731. The van der Waals surface area contributed by atoms with E-state index in [-0.39, 0.29) is 5.95 Å². The molecule has 0 unspecified atom stereocenters. The highest BCUT2D eigenvalue weighted by Gasteiger charge is 2.15. The number of rotatable bonds is 4. The van der Waals surface area contributed by atoms with E-state index >= 15 is 0 Å². The van der Waals surface area contributed by atoms with Gasteiger partial charge < -0.3 is 0 Å². The lowest BCUT2D eigenvalue weighted by Gasteiger charge is -2.18. The van der Waals surface area contributed by atoms with E-state index in [9.17, 15) is 4.79 Å². The molecule has 3 rings (SSSR count). The molecule has 25 heavy (non-hydrogen) atoms. The first kappa shape index (κ1) is 17.4. The number of aryl methyl sites for hydroxylation is 1. The van der Waals surface area contributed by atoms with Gasteiger partial charge in [0.2, 0.25) is 0 Å². The van der Waals surface area contributed by atoms with Crippen molar-refractivity contribution in [2.24, 2.45) is 5.84 Å². The van der Waals surface area contributed by atoms with Crippen LogP contribution in [0, 0.1) is 0 Å². The van der Waals surface area contributed by atoms with Gasteiger partial charge >= 0.3 is 5.69 Å². The monoisotopic (exact) mass is 375 g/mol. The van der Waals surface area contributed by atoms with Crippen molar-refractivity contribution in [3.05, 3.63) is 74.9 Å². The van der Waals surface area contributed by atoms with Gasteiger partial charge in [0.1, 0.15) is 5.82 Å². The summed E-state index contributed by atoms with van der Waals surface area (Å²) in [6, 6.07) is 14.1. The summed E-state index contributed by atoms with van der Waals surface area (Å²) in [6.45, 7) is 1.89. The Kier molecular flexibility index (Phi) is 5.03. The lowest BCUT2D eigenvalue weighted by molar-refractivity contribution is 0.756. The van der Waals surface area contributed by atoms with E-state index in [1.54, 1.807) is 30.3 Å². The molecule has 3 aromatic rings. The van der Waals surface area contributed by atoms with Crippen molar-refractivity contribution in [1.29, 1.82) is 0 Å². The first-order valence-corrected chi connectivity index (χ1v) is 8.32. The van der Waals surface area contributed by atoms with Crippen molar-refractivity contribution in [3.63, 3.8) is 0 Å². The van der Waals surface area contributed by atoms with Crippen LogP contribution in [0.2, 0.25) is 10.0 Å². The Morgan fingerprint density at radius 1 is 1.08 bits per heavy atom. The average Bonchev–Trinajstić information content (AvgIpc) is 2.63. The molecule has 0 fully saturated rings. The third-order valence-corrected chi connectivity index (χ3v) is 4.34. The van der Waals surface area contributed by atoms with E-state index in [0.29, 0.717) is 33.7 Å². The van der Waals surface area contributed by atoms with Gasteiger partial charge in [-0.15, -0.1) is 0 Å². The number of benzene rings is 2. The highest BCUT2D eigenvalue weighted by molar-refractivity contribution is 6.42. The van der Waals surface area contributed by atoms with Gasteiger partial charge in [0.25, 0.3) is 5.95 Å². The minimum Gasteiger partial charge on any atom is -0.248 e. The molecule has 1 aromatic heterocycles.